The van der Waals surface area contributed by atoms with E-state index in [1.54, 1.807) is 12.1 Å². The standard InChI is InChI=1S/C15H19N3O2/c1-2-11-5-3-4-6-14(11)17-13-7-8-15(18(19)20)12(9-13)10-16/h7-9,11,14,17H,2-6H2,1H3. The van der Waals surface area contributed by atoms with Gasteiger partial charge in [-0.15, -0.1) is 0 Å². The van der Waals surface area contributed by atoms with E-state index in [0.717, 1.165) is 18.5 Å². The average molecular weight is 273 g/mol. The molecule has 1 saturated carbocycles. The monoisotopic (exact) mass is 273 g/mol. The largest absolute Gasteiger partial charge is 0.382 e. The molecule has 1 N–H and O–H groups in total. The molecule has 1 aromatic rings. The third-order valence-electron chi connectivity index (χ3n) is 4.10. The number of nitrogens with zero attached hydrogens (tertiary/aromatic N) is 2. The Morgan fingerprint density at radius 3 is 2.85 bits per heavy atom. The van der Waals surface area contributed by atoms with Crippen molar-refractivity contribution in [2.45, 2.75) is 45.1 Å². The molecule has 5 heteroatoms. The second kappa shape index (κ2) is 6.38. The van der Waals surface area contributed by atoms with Gasteiger partial charge >= 0.3 is 0 Å². The van der Waals surface area contributed by atoms with Crippen LogP contribution in [-0.4, -0.2) is 11.0 Å². The van der Waals surface area contributed by atoms with Gasteiger partial charge in [0.2, 0.25) is 0 Å². The number of nitriles is 1. The molecular weight excluding hydrogens is 254 g/mol. The predicted octanol–water partition coefficient (Wildman–Crippen LogP) is 3.85. The topological polar surface area (TPSA) is 79.0 Å². The molecule has 0 heterocycles. The minimum Gasteiger partial charge on any atom is -0.382 e. The fraction of sp³-hybridized carbons (Fsp3) is 0.533. The molecule has 2 unspecified atom stereocenters. The van der Waals surface area contributed by atoms with Crippen molar-refractivity contribution < 1.29 is 4.92 Å². The third kappa shape index (κ3) is 3.08. The van der Waals surface area contributed by atoms with Crippen LogP contribution in [0.25, 0.3) is 0 Å². The van der Waals surface area contributed by atoms with E-state index in [0.29, 0.717) is 12.0 Å². The number of nitro groups is 1. The minimum atomic E-state index is -0.516. The maximum Gasteiger partial charge on any atom is 0.287 e. The predicted molar refractivity (Wildman–Crippen MR) is 77.5 cm³/mol. The summed E-state index contributed by atoms with van der Waals surface area (Å²) in [5.74, 6) is 0.643. The van der Waals surface area contributed by atoms with E-state index in [2.05, 4.69) is 12.2 Å². The van der Waals surface area contributed by atoms with Crippen LogP contribution in [0.5, 0.6) is 0 Å². The van der Waals surface area contributed by atoms with Crippen LogP contribution >= 0.6 is 0 Å². The summed E-state index contributed by atoms with van der Waals surface area (Å²) in [6.45, 7) is 2.20. The number of nitro benzene ring substituents is 1. The maximum absolute atomic E-state index is 10.8. The Morgan fingerprint density at radius 1 is 1.45 bits per heavy atom. The molecular formula is C15H19N3O2. The molecule has 0 spiro atoms. The molecule has 20 heavy (non-hydrogen) atoms. The van der Waals surface area contributed by atoms with Gasteiger partial charge in [0.1, 0.15) is 11.6 Å². The second-order valence-corrected chi connectivity index (χ2v) is 5.30. The first kappa shape index (κ1) is 14.3. The van der Waals surface area contributed by atoms with Crippen molar-refractivity contribution in [2.75, 3.05) is 5.32 Å². The summed E-state index contributed by atoms with van der Waals surface area (Å²) in [7, 11) is 0. The maximum atomic E-state index is 10.8. The van der Waals surface area contributed by atoms with Crippen molar-refractivity contribution in [3.8, 4) is 6.07 Å². The van der Waals surface area contributed by atoms with Crippen LogP contribution in [0.3, 0.4) is 0 Å². The molecule has 0 bridgehead atoms. The van der Waals surface area contributed by atoms with Crippen LogP contribution in [0.15, 0.2) is 18.2 Å². The zero-order valence-corrected chi connectivity index (χ0v) is 11.6. The molecule has 1 aromatic carbocycles. The summed E-state index contributed by atoms with van der Waals surface area (Å²) >= 11 is 0. The number of nitrogens with one attached hydrogen (secondary N) is 1. The number of rotatable bonds is 4. The molecule has 5 nitrogen and oxygen atoms in total. The van der Waals surface area contributed by atoms with Gasteiger partial charge < -0.3 is 5.32 Å². The van der Waals surface area contributed by atoms with Crippen LogP contribution in [0, 0.1) is 27.4 Å². The van der Waals surface area contributed by atoms with E-state index >= 15 is 0 Å². The lowest BCUT2D eigenvalue weighted by molar-refractivity contribution is -0.385. The number of hydrogen-bond donors (Lipinski definition) is 1. The van der Waals surface area contributed by atoms with E-state index in [9.17, 15) is 10.1 Å². The van der Waals surface area contributed by atoms with Gasteiger partial charge in [0, 0.05) is 17.8 Å². The highest BCUT2D eigenvalue weighted by Gasteiger charge is 2.24. The van der Waals surface area contributed by atoms with Crippen LogP contribution < -0.4 is 5.32 Å². The van der Waals surface area contributed by atoms with Crippen molar-refractivity contribution in [1.82, 2.24) is 0 Å². The van der Waals surface area contributed by atoms with Crippen LogP contribution in [0.4, 0.5) is 11.4 Å². The Labute approximate surface area is 118 Å². The van der Waals surface area contributed by atoms with E-state index in [1.165, 1.54) is 25.3 Å². The fourth-order valence-corrected chi connectivity index (χ4v) is 2.97. The summed E-state index contributed by atoms with van der Waals surface area (Å²) in [5, 5.41) is 23.3. The van der Waals surface area contributed by atoms with Gasteiger partial charge in [-0.3, -0.25) is 10.1 Å². The van der Waals surface area contributed by atoms with Crippen molar-refractivity contribution in [2.24, 2.45) is 5.92 Å². The zero-order chi connectivity index (χ0) is 14.5. The molecule has 0 saturated heterocycles. The lowest BCUT2D eigenvalue weighted by Crippen LogP contribution is -2.31. The number of hydrogen-bond acceptors (Lipinski definition) is 4. The second-order valence-electron chi connectivity index (χ2n) is 5.30. The lowest BCUT2D eigenvalue weighted by atomic mass is 9.83. The van der Waals surface area contributed by atoms with Crippen LogP contribution in [-0.2, 0) is 0 Å². The van der Waals surface area contributed by atoms with E-state index in [-0.39, 0.29) is 11.3 Å². The highest BCUT2D eigenvalue weighted by atomic mass is 16.6. The molecule has 1 aliphatic rings. The third-order valence-corrected chi connectivity index (χ3v) is 4.10. The Bertz CT molecular complexity index is 536. The summed E-state index contributed by atoms with van der Waals surface area (Å²) in [6.07, 6.45) is 5.98. The van der Waals surface area contributed by atoms with Gasteiger partial charge in [0.05, 0.1) is 4.92 Å². The zero-order valence-electron chi connectivity index (χ0n) is 11.6. The van der Waals surface area contributed by atoms with Gasteiger partial charge in [0.15, 0.2) is 0 Å². The van der Waals surface area contributed by atoms with Gasteiger partial charge in [0.25, 0.3) is 5.69 Å². The van der Waals surface area contributed by atoms with Crippen molar-refractivity contribution in [1.29, 1.82) is 5.26 Å². The fourth-order valence-electron chi connectivity index (χ4n) is 2.97. The lowest BCUT2D eigenvalue weighted by Gasteiger charge is -2.32. The van der Waals surface area contributed by atoms with Crippen molar-refractivity contribution in [3.05, 3.63) is 33.9 Å². The van der Waals surface area contributed by atoms with Gasteiger partial charge in [-0.05, 0) is 30.9 Å². The quantitative estimate of drug-likeness (QED) is 0.667. The molecule has 2 rings (SSSR count). The van der Waals surface area contributed by atoms with Crippen LogP contribution in [0.1, 0.15) is 44.6 Å². The Kier molecular flexibility index (Phi) is 4.57. The first-order valence-electron chi connectivity index (χ1n) is 7.10. The van der Waals surface area contributed by atoms with Gasteiger partial charge in [-0.2, -0.15) is 5.26 Å². The summed E-state index contributed by atoms with van der Waals surface area (Å²) in [5.41, 5.74) is 0.787. The normalized spacial score (nSPS) is 22.0. The van der Waals surface area contributed by atoms with Gasteiger partial charge in [-0.1, -0.05) is 26.2 Å². The Hall–Kier alpha value is -2.09. The van der Waals surface area contributed by atoms with Crippen LogP contribution in [0.2, 0.25) is 0 Å². The average Bonchev–Trinajstić information content (AvgIpc) is 2.47. The first-order valence-corrected chi connectivity index (χ1v) is 7.10. The Balaban J connectivity index is 2.17. The highest BCUT2D eigenvalue weighted by molar-refractivity contribution is 5.59. The molecule has 0 aliphatic heterocycles. The molecule has 1 aliphatic carbocycles. The SMILES string of the molecule is CCC1CCCCC1Nc1ccc([N+](=O)[O-])c(C#N)c1. The summed E-state index contributed by atoms with van der Waals surface area (Å²) in [4.78, 5) is 10.3. The number of benzene rings is 1. The minimum absolute atomic E-state index is 0.115. The molecule has 0 amide bonds. The van der Waals surface area contributed by atoms with E-state index < -0.39 is 4.92 Å². The number of anilines is 1. The summed E-state index contributed by atoms with van der Waals surface area (Å²) in [6, 6.07) is 6.99. The molecule has 2 atom stereocenters. The summed E-state index contributed by atoms with van der Waals surface area (Å²) < 4.78 is 0. The highest BCUT2D eigenvalue weighted by Crippen LogP contribution is 2.30. The van der Waals surface area contributed by atoms with E-state index in [1.807, 2.05) is 6.07 Å². The van der Waals surface area contributed by atoms with Gasteiger partial charge in [-0.25, -0.2) is 0 Å². The van der Waals surface area contributed by atoms with Crippen molar-refractivity contribution >= 4 is 11.4 Å². The smallest absolute Gasteiger partial charge is 0.287 e. The molecule has 0 aromatic heterocycles. The molecule has 106 valence electrons. The Morgan fingerprint density at radius 2 is 2.20 bits per heavy atom. The van der Waals surface area contributed by atoms with Crippen molar-refractivity contribution in [3.63, 3.8) is 0 Å². The molecule has 0 radical (unpaired) electrons. The molecule has 1 fully saturated rings. The first-order chi connectivity index (χ1) is 9.65. The van der Waals surface area contributed by atoms with E-state index in [4.69, 9.17) is 5.26 Å².